The van der Waals surface area contributed by atoms with Crippen molar-refractivity contribution in [2.45, 2.75) is 44.6 Å². The van der Waals surface area contributed by atoms with E-state index in [1.165, 1.54) is 17.7 Å². The van der Waals surface area contributed by atoms with E-state index in [9.17, 15) is 4.39 Å². The molecule has 1 saturated carbocycles. The van der Waals surface area contributed by atoms with Gasteiger partial charge >= 0.3 is 0 Å². The first kappa shape index (κ1) is 22.4. The van der Waals surface area contributed by atoms with Crippen LogP contribution in [0, 0.1) is 12.7 Å². The van der Waals surface area contributed by atoms with Crippen molar-refractivity contribution in [1.82, 2.24) is 15.1 Å². The van der Waals surface area contributed by atoms with Crippen LogP contribution in [0.15, 0.2) is 83.4 Å². The Kier molecular flexibility index (Phi) is 5.72. The summed E-state index contributed by atoms with van der Waals surface area (Å²) in [4.78, 5) is 9.18. The van der Waals surface area contributed by atoms with Crippen molar-refractivity contribution in [3.63, 3.8) is 0 Å². The summed E-state index contributed by atoms with van der Waals surface area (Å²) in [5, 5.41) is 5.01. The molecule has 0 N–H and O–H groups in total. The molecule has 0 unspecified atom stereocenters. The minimum absolute atomic E-state index is 0.143. The van der Waals surface area contributed by atoms with E-state index in [4.69, 9.17) is 9.26 Å². The summed E-state index contributed by atoms with van der Waals surface area (Å²) < 4.78 is 25.1. The number of hydrogen-bond acceptors (Lipinski definition) is 5. The van der Waals surface area contributed by atoms with Gasteiger partial charge in [-0.25, -0.2) is 9.37 Å². The van der Waals surface area contributed by atoms with Crippen LogP contribution < -0.4 is 4.74 Å². The van der Waals surface area contributed by atoms with Gasteiger partial charge in [0.05, 0.1) is 11.2 Å². The van der Waals surface area contributed by atoms with E-state index in [1.54, 1.807) is 13.0 Å². The molecule has 5 nitrogen and oxygen atoms in total. The highest BCUT2D eigenvalue weighted by Gasteiger charge is 2.40. The quantitative estimate of drug-likeness (QED) is 0.258. The summed E-state index contributed by atoms with van der Waals surface area (Å²) in [6, 6.07) is 25.2. The maximum Gasteiger partial charge on any atom is 0.223 e. The minimum atomic E-state index is -0.267. The molecule has 6 rings (SSSR count). The van der Waals surface area contributed by atoms with Gasteiger partial charge < -0.3 is 9.26 Å². The van der Waals surface area contributed by atoms with Crippen LogP contribution in [0.3, 0.4) is 0 Å². The Hall–Kier alpha value is -4.06. The maximum absolute atomic E-state index is 13.5. The van der Waals surface area contributed by atoms with Crippen molar-refractivity contribution in [1.29, 1.82) is 0 Å². The van der Waals surface area contributed by atoms with E-state index >= 15 is 0 Å². The standard InChI is InChI=1S/C30H26FN3O2/c1-20-32-29(34-36-20)26-13-12-25(35-19-24-11-9-21-17-23(31)10-14-28(21)33-24)18-27(26)30(15-5-6-16-30)22-7-3-2-4-8-22/h2-4,7-14,17-18H,5-6,15-16,19H2,1H3. The second-order valence-electron chi connectivity index (χ2n) is 9.43. The number of rotatable bonds is 6. The molecule has 0 saturated heterocycles. The molecule has 0 radical (unpaired) electrons. The topological polar surface area (TPSA) is 61.0 Å². The molecule has 0 bridgehead atoms. The average molecular weight is 480 g/mol. The molecule has 1 fully saturated rings. The van der Waals surface area contributed by atoms with Crippen LogP contribution in [0.2, 0.25) is 0 Å². The molecule has 2 aromatic heterocycles. The molecule has 1 aliphatic carbocycles. The zero-order chi connectivity index (χ0) is 24.5. The molecule has 0 aliphatic heterocycles. The van der Waals surface area contributed by atoms with Gasteiger partial charge in [-0.2, -0.15) is 4.98 Å². The van der Waals surface area contributed by atoms with Crippen LogP contribution in [0.4, 0.5) is 4.39 Å². The molecule has 1 aliphatic rings. The number of pyridine rings is 1. The Morgan fingerprint density at radius 2 is 1.75 bits per heavy atom. The van der Waals surface area contributed by atoms with Crippen LogP contribution in [0.5, 0.6) is 5.75 Å². The Labute approximate surface area is 209 Å². The SMILES string of the molecule is Cc1nc(-c2ccc(OCc3ccc4cc(F)ccc4n3)cc2C2(c3ccccc3)CCCC2)no1. The lowest BCUT2D eigenvalue weighted by atomic mass is 9.71. The van der Waals surface area contributed by atoms with Gasteiger partial charge in [-0.1, -0.05) is 54.4 Å². The normalized spacial score (nSPS) is 14.8. The lowest BCUT2D eigenvalue weighted by molar-refractivity contribution is 0.301. The van der Waals surface area contributed by atoms with E-state index in [-0.39, 0.29) is 11.2 Å². The van der Waals surface area contributed by atoms with Gasteiger partial charge in [-0.05, 0) is 66.4 Å². The third-order valence-electron chi connectivity index (χ3n) is 7.15. The summed E-state index contributed by atoms with van der Waals surface area (Å²) in [5.41, 5.74) is 4.81. The van der Waals surface area contributed by atoms with Gasteiger partial charge in [0.25, 0.3) is 0 Å². The molecule has 6 heteroatoms. The molecular formula is C30H26FN3O2. The maximum atomic E-state index is 13.5. The first-order chi connectivity index (χ1) is 17.6. The van der Waals surface area contributed by atoms with Crippen molar-refractivity contribution < 1.29 is 13.7 Å². The van der Waals surface area contributed by atoms with E-state index in [1.807, 2.05) is 24.3 Å². The van der Waals surface area contributed by atoms with E-state index < -0.39 is 0 Å². The van der Waals surface area contributed by atoms with E-state index in [0.717, 1.165) is 59.2 Å². The average Bonchev–Trinajstić information content (AvgIpc) is 3.58. The molecule has 0 spiro atoms. The Morgan fingerprint density at radius 1 is 0.917 bits per heavy atom. The number of aryl methyl sites for hydroxylation is 1. The van der Waals surface area contributed by atoms with Crippen molar-refractivity contribution in [3.8, 4) is 17.1 Å². The first-order valence-corrected chi connectivity index (χ1v) is 12.3. The van der Waals surface area contributed by atoms with Gasteiger partial charge in [-0.15, -0.1) is 0 Å². The van der Waals surface area contributed by atoms with Crippen LogP contribution in [0.25, 0.3) is 22.3 Å². The molecule has 0 amide bonds. The monoisotopic (exact) mass is 479 g/mol. The van der Waals surface area contributed by atoms with Gasteiger partial charge in [-0.3, -0.25) is 0 Å². The highest BCUT2D eigenvalue weighted by Crippen LogP contribution is 2.50. The lowest BCUT2D eigenvalue weighted by Gasteiger charge is -2.32. The smallest absolute Gasteiger partial charge is 0.223 e. The first-order valence-electron chi connectivity index (χ1n) is 12.3. The second-order valence-corrected chi connectivity index (χ2v) is 9.43. The molecule has 3 aromatic carbocycles. The van der Waals surface area contributed by atoms with Crippen LogP contribution >= 0.6 is 0 Å². The minimum Gasteiger partial charge on any atom is -0.487 e. The fourth-order valence-corrected chi connectivity index (χ4v) is 5.44. The summed E-state index contributed by atoms with van der Waals surface area (Å²) in [6.07, 6.45) is 4.42. The van der Waals surface area contributed by atoms with E-state index in [0.29, 0.717) is 18.3 Å². The fraction of sp³-hybridized carbons (Fsp3) is 0.233. The van der Waals surface area contributed by atoms with Crippen molar-refractivity contribution in [2.75, 3.05) is 0 Å². The predicted molar refractivity (Wildman–Crippen MR) is 136 cm³/mol. The van der Waals surface area contributed by atoms with Gasteiger partial charge in [0, 0.05) is 23.3 Å². The molecule has 36 heavy (non-hydrogen) atoms. The Bertz CT molecular complexity index is 1520. The summed E-state index contributed by atoms with van der Waals surface area (Å²) in [6.45, 7) is 2.12. The predicted octanol–water partition coefficient (Wildman–Crippen LogP) is 7.17. The van der Waals surface area contributed by atoms with Crippen molar-refractivity contribution >= 4 is 10.9 Å². The number of halogens is 1. The van der Waals surface area contributed by atoms with Crippen LogP contribution in [0.1, 0.15) is 48.4 Å². The third-order valence-corrected chi connectivity index (χ3v) is 7.15. The number of hydrogen-bond donors (Lipinski definition) is 0. The van der Waals surface area contributed by atoms with Crippen molar-refractivity contribution in [3.05, 3.63) is 107 Å². The third kappa shape index (κ3) is 4.13. The summed E-state index contributed by atoms with van der Waals surface area (Å²) in [7, 11) is 0. The number of ether oxygens (including phenoxy) is 1. The van der Waals surface area contributed by atoms with Crippen LogP contribution in [-0.2, 0) is 12.0 Å². The molecular weight excluding hydrogens is 453 g/mol. The molecule has 0 atom stereocenters. The number of fused-ring (bicyclic) bond motifs is 1. The van der Waals surface area contributed by atoms with Crippen LogP contribution in [-0.4, -0.2) is 15.1 Å². The van der Waals surface area contributed by atoms with Crippen molar-refractivity contribution in [2.24, 2.45) is 0 Å². The second kappa shape index (κ2) is 9.19. The van der Waals surface area contributed by atoms with E-state index in [2.05, 4.69) is 51.5 Å². The number of benzene rings is 3. The molecule has 180 valence electrons. The largest absolute Gasteiger partial charge is 0.487 e. The van der Waals surface area contributed by atoms with Gasteiger partial charge in [0.15, 0.2) is 0 Å². The zero-order valence-electron chi connectivity index (χ0n) is 20.1. The highest BCUT2D eigenvalue weighted by atomic mass is 19.1. The fourth-order valence-electron chi connectivity index (χ4n) is 5.44. The molecule has 5 aromatic rings. The summed E-state index contributed by atoms with van der Waals surface area (Å²) in [5.74, 6) is 1.63. The Balaban J connectivity index is 1.38. The number of nitrogens with zero attached hydrogens (tertiary/aromatic N) is 3. The molecule has 2 heterocycles. The summed E-state index contributed by atoms with van der Waals surface area (Å²) >= 11 is 0. The van der Waals surface area contributed by atoms with Gasteiger partial charge in [0.2, 0.25) is 11.7 Å². The van der Waals surface area contributed by atoms with Gasteiger partial charge in [0.1, 0.15) is 18.2 Å². The zero-order valence-corrected chi connectivity index (χ0v) is 20.1. The highest BCUT2D eigenvalue weighted by molar-refractivity contribution is 5.78. The number of aromatic nitrogens is 3. The lowest BCUT2D eigenvalue weighted by Crippen LogP contribution is -2.25. The Morgan fingerprint density at radius 3 is 2.53 bits per heavy atom.